The summed E-state index contributed by atoms with van der Waals surface area (Å²) in [4.78, 5) is 11.7. The molecule has 0 aliphatic heterocycles. The molecule has 0 unspecified atom stereocenters. The lowest BCUT2D eigenvalue weighted by Crippen LogP contribution is -2.45. The molecule has 0 saturated carbocycles. The molecule has 0 aliphatic rings. The summed E-state index contributed by atoms with van der Waals surface area (Å²) in [6.07, 6.45) is 1.80. The van der Waals surface area contributed by atoms with Gasteiger partial charge < -0.3 is 20.1 Å². The molecule has 1 aromatic carbocycles. The van der Waals surface area contributed by atoms with E-state index in [1.165, 1.54) is 5.56 Å². The normalized spacial score (nSPS) is 13.3. The highest BCUT2D eigenvalue weighted by Crippen LogP contribution is 2.13. The Hall–Kier alpha value is -1.75. The van der Waals surface area contributed by atoms with Gasteiger partial charge in [0.05, 0.1) is 19.8 Å². The summed E-state index contributed by atoms with van der Waals surface area (Å²) in [6, 6.07) is 7.96. The third kappa shape index (κ3) is 6.99. The summed E-state index contributed by atoms with van der Waals surface area (Å²) >= 11 is 0. The summed E-state index contributed by atoms with van der Waals surface area (Å²) in [5.74, 6) is 0.858. The average Bonchev–Trinajstić information content (AvgIpc) is 2.45. The molecule has 5 nitrogen and oxygen atoms in total. The number of ether oxygens (including phenoxy) is 2. The van der Waals surface area contributed by atoms with Crippen molar-refractivity contribution in [3.05, 3.63) is 29.8 Å². The quantitative estimate of drug-likeness (QED) is 0.774. The number of hydrogen-bond donors (Lipinski definition) is 2. The highest BCUT2D eigenvalue weighted by Gasteiger charge is 2.10. The van der Waals surface area contributed by atoms with Gasteiger partial charge in [-0.25, -0.2) is 4.79 Å². The molecule has 2 N–H and O–H groups in total. The van der Waals surface area contributed by atoms with Crippen molar-refractivity contribution in [1.29, 1.82) is 0 Å². The number of nitrogens with one attached hydrogen (secondary N) is 2. The van der Waals surface area contributed by atoms with Crippen LogP contribution in [-0.4, -0.2) is 38.9 Å². The molecular formula is C16H26N2O3. The SMILES string of the molecule is COC[C@H](C)NC(=O)N[C@@H](C)CCc1ccc(OC)cc1. The predicted octanol–water partition coefficient (Wildman–Crippen LogP) is 2.35. The maximum absolute atomic E-state index is 11.7. The van der Waals surface area contributed by atoms with Gasteiger partial charge in [0.1, 0.15) is 5.75 Å². The second-order valence-corrected chi connectivity index (χ2v) is 5.26. The van der Waals surface area contributed by atoms with Gasteiger partial charge in [-0.2, -0.15) is 0 Å². The number of hydrogen-bond acceptors (Lipinski definition) is 3. The summed E-state index contributed by atoms with van der Waals surface area (Å²) < 4.78 is 10.1. The molecule has 0 saturated heterocycles. The fourth-order valence-corrected chi connectivity index (χ4v) is 2.03. The molecule has 118 valence electrons. The van der Waals surface area contributed by atoms with Gasteiger partial charge >= 0.3 is 6.03 Å². The van der Waals surface area contributed by atoms with Crippen molar-refractivity contribution in [1.82, 2.24) is 10.6 Å². The Morgan fingerprint density at radius 3 is 2.29 bits per heavy atom. The minimum absolute atomic E-state index is 0.00351. The lowest BCUT2D eigenvalue weighted by Gasteiger charge is -2.17. The van der Waals surface area contributed by atoms with Crippen LogP contribution in [0.2, 0.25) is 0 Å². The molecule has 21 heavy (non-hydrogen) atoms. The van der Waals surface area contributed by atoms with Gasteiger partial charge in [-0.05, 0) is 44.4 Å². The summed E-state index contributed by atoms with van der Waals surface area (Å²) in [5.41, 5.74) is 1.23. The smallest absolute Gasteiger partial charge is 0.315 e. The first-order valence-electron chi connectivity index (χ1n) is 7.24. The number of amides is 2. The molecule has 0 spiro atoms. The average molecular weight is 294 g/mol. The van der Waals surface area contributed by atoms with Crippen LogP contribution in [0.25, 0.3) is 0 Å². The Morgan fingerprint density at radius 1 is 1.10 bits per heavy atom. The van der Waals surface area contributed by atoms with E-state index in [-0.39, 0.29) is 18.1 Å². The molecule has 2 amide bonds. The zero-order chi connectivity index (χ0) is 15.7. The van der Waals surface area contributed by atoms with E-state index >= 15 is 0 Å². The highest BCUT2D eigenvalue weighted by molar-refractivity contribution is 5.74. The third-order valence-corrected chi connectivity index (χ3v) is 3.20. The minimum Gasteiger partial charge on any atom is -0.497 e. The number of carbonyl (C=O) groups excluding carboxylic acids is 1. The van der Waals surface area contributed by atoms with Crippen LogP contribution in [0.3, 0.4) is 0 Å². The van der Waals surface area contributed by atoms with E-state index in [0.29, 0.717) is 6.61 Å². The van der Waals surface area contributed by atoms with Crippen molar-refractivity contribution >= 4 is 6.03 Å². The highest BCUT2D eigenvalue weighted by atomic mass is 16.5. The molecule has 0 aliphatic carbocycles. The van der Waals surface area contributed by atoms with Crippen molar-refractivity contribution in [2.45, 2.75) is 38.8 Å². The van der Waals surface area contributed by atoms with Crippen molar-refractivity contribution in [2.75, 3.05) is 20.8 Å². The van der Waals surface area contributed by atoms with Crippen LogP contribution in [0.5, 0.6) is 5.75 Å². The van der Waals surface area contributed by atoms with Crippen LogP contribution in [0, 0.1) is 0 Å². The van der Waals surface area contributed by atoms with E-state index in [1.807, 2.05) is 38.1 Å². The van der Waals surface area contributed by atoms with E-state index in [2.05, 4.69) is 10.6 Å². The number of urea groups is 1. The number of carbonyl (C=O) groups is 1. The van der Waals surface area contributed by atoms with Gasteiger partial charge in [0, 0.05) is 13.2 Å². The van der Waals surface area contributed by atoms with Gasteiger partial charge in [-0.1, -0.05) is 12.1 Å². The number of benzene rings is 1. The number of methoxy groups -OCH3 is 2. The maximum atomic E-state index is 11.7. The molecule has 0 radical (unpaired) electrons. The molecule has 0 heterocycles. The molecule has 0 fully saturated rings. The van der Waals surface area contributed by atoms with Gasteiger partial charge in [0.25, 0.3) is 0 Å². The van der Waals surface area contributed by atoms with Crippen LogP contribution < -0.4 is 15.4 Å². The predicted molar refractivity (Wildman–Crippen MR) is 83.8 cm³/mol. The summed E-state index contributed by atoms with van der Waals surface area (Å²) in [5, 5.41) is 5.77. The first-order chi connectivity index (χ1) is 10.0. The fraction of sp³-hybridized carbons (Fsp3) is 0.562. The van der Waals surface area contributed by atoms with Crippen LogP contribution in [0.4, 0.5) is 4.79 Å². The third-order valence-electron chi connectivity index (χ3n) is 3.20. The molecule has 0 aromatic heterocycles. The van der Waals surface area contributed by atoms with Crippen LogP contribution in [0.1, 0.15) is 25.8 Å². The van der Waals surface area contributed by atoms with E-state index in [1.54, 1.807) is 14.2 Å². The fourth-order valence-electron chi connectivity index (χ4n) is 2.03. The molecule has 0 bridgehead atoms. The summed E-state index contributed by atoms with van der Waals surface area (Å²) in [6.45, 7) is 4.42. The van der Waals surface area contributed by atoms with Gasteiger partial charge in [0.2, 0.25) is 0 Å². The van der Waals surface area contributed by atoms with Crippen molar-refractivity contribution in [3.63, 3.8) is 0 Å². The molecule has 1 aromatic rings. The van der Waals surface area contributed by atoms with E-state index in [0.717, 1.165) is 18.6 Å². The summed E-state index contributed by atoms with van der Waals surface area (Å²) in [7, 11) is 3.28. The van der Waals surface area contributed by atoms with Crippen LogP contribution in [0.15, 0.2) is 24.3 Å². The molecule has 2 atom stereocenters. The van der Waals surface area contributed by atoms with Crippen molar-refractivity contribution < 1.29 is 14.3 Å². The Bertz CT molecular complexity index is 420. The van der Waals surface area contributed by atoms with E-state index in [4.69, 9.17) is 9.47 Å². The first kappa shape index (κ1) is 17.3. The van der Waals surface area contributed by atoms with Gasteiger partial charge in [-0.15, -0.1) is 0 Å². The van der Waals surface area contributed by atoms with Crippen LogP contribution in [-0.2, 0) is 11.2 Å². The Balaban J connectivity index is 2.29. The number of aryl methyl sites for hydroxylation is 1. The van der Waals surface area contributed by atoms with Crippen LogP contribution >= 0.6 is 0 Å². The molecule has 1 rings (SSSR count). The van der Waals surface area contributed by atoms with Crippen molar-refractivity contribution in [3.8, 4) is 5.75 Å². The largest absolute Gasteiger partial charge is 0.497 e. The first-order valence-corrected chi connectivity index (χ1v) is 7.24. The second kappa shape index (κ2) is 9.23. The Kier molecular flexibility index (Phi) is 7.61. The minimum atomic E-state index is -0.151. The zero-order valence-corrected chi connectivity index (χ0v) is 13.3. The number of rotatable bonds is 8. The topological polar surface area (TPSA) is 59.6 Å². The second-order valence-electron chi connectivity index (χ2n) is 5.26. The standard InChI is InChI=1S/C16H26N2O3/c1-12(17-16(19)18-13(2)11-20-3)5-6-14-7-9-15(21-4)10-8-14/h7-10,12-13H,5-6,11H2,1-4H3,(H2,17,18,19)/t12-,13-/m0/s1. The van der Waals surface area contributed by atoms with Gasteiger partial charge in [-0.3, -0.25) is 0 Å². The monoisotopic (exact) mass is 294 g/mol. The zero-order valence-electron chi connectivity index (χ0n) is 13.3. The van der Waals surface area contributed by atoms with E-state index < -0.39 is 0 Å². The van der Waals surface area contributed by atoms with E-state index in [9.17, 15) is 4.79 Å². The molecular weight excluding hydrogens is 268 g/mol. The van der Waals surface area contributed by atoms with Gasteiger partial charge in [0.15, 0.2) is 0 Å². The lowest BCUT2D eigenvalue weighted by molar-refractivity contribution is 0.170. The Labute approximate surface area is 127 Å². The van der Waals surface area contributed by atoms with Crippen molar-refractivity contribution in [2.24, 2.45) is 0 Å². The Morgan fingerprint density at radius 2 is 1.71 bits per heavy atom. The maximum Gasteiger partial charge on any atom is 0.315 e. The molecule has 5 heteroatoms. The lowest BCUT2D eigenvalue weighted by atomic mass is 10.1.